The van der Waals surface area contributed by atoms with Crippen molar-refractivity contribution >= 4 is 35.2 Å². The number of hydrogen-bond acceptors (Lipinski definition) is 7. The standard InChI is InChI=1S/C26H26N4O7S/c31-22(32)11-10-19(25(34)29-12-14-30(15-13-29)26(35)36)27-23(33)20-16-38-24(28-20)18-8-4-5-9-21(18)37-17-6-2-1-3-7-17/h1-9,16,19H,10-15H2,(H,27,33)(H,31,32)(H,35,36)/t19-/m0/s1. The molecule has 0 aliphatic carbocycles. The number of thiazole rings is 1. The first kappa shape index (κ1) is 26.6. The number of nitrogens with zero attached hydrogens (tertiary/aromatic N) is 3. The van der Waals surface area contributed by atoms with Crippen molar-refractivity contribution in [2.75, 3.05) is 26.2 Å². The lowest BCUT2D eigenvalue weighted by Crippen LogP contribution is -2.55. The summed E-state index contributed by atoms with van der Waals surface area (Å²) in [6.07, 6.45) is -1.50. The van der Waals surface area contributed by atoms with E-state index >= 15 is 0 Å². The van der Waals surface area contributed by atoms with E-state index in [1.807, 2.05) is 48.5 Å². The molecule has 1 fully saturated rings. The number of carbonyl (C=O) groups is 4. The van der Waals surface area contributed by atoms with Crippen LogP contribution in [0.5, 0.6) is 11.5 Å². The summed E-state index contributed by atoms with van der Waals surface area (Å²) in [6, 6.07) is 15.5. The fraction of sp³-hybridized carbons (Fsp3) is 0.269. The number of para-hydroxylation sites is 2. The average Bonchev–Trinajstić information content (AvgIpc) is 3.42. The molecule has 1 atom stereocenters. The lowest BCUT2D eigenvalue weighted by atomic mass is 10.1. The maximum atomic E-state index is 13.1. The van der Waals surface area contributed by atoms with Crippen molar-refractivity contribution in [1.29, 1.82) is 0 Å². The van der Waals surface area contributed by atoms with Gasteiger partial charge in [-0.2, -0.15) is 0 Å². The summed E-state index contributed by atoms with van der Waals surface area (Å²) in [5.74, 6) is -0.948. The Morgan fingerprint density at radius 3 is 2.29 bits per heavy atom. The third-order valence-corrected chi connectivity index (χ3v) is 6.81. The number of nitrogens with one attached hydrogen (secondary N) is 1. The van der Waals surface area contributed by atoms with Gasteiger partial charge < -0.3 is 30.1 Å². The number of amides is 3. The zero-order valence-corrected chi connectivity index (χ0v) is 21.1. The van der Waals surface area contributed by atoms with Gasteiger partial charge in [0.15, 0.2) is 0 Å². The van der Waals surface area contributed by atoms with Crippen LogP contribution < -0.4 is 10.1 Å². The monoisotopic (exact) mass is 538 g/mol. The molecular formula is C26H26N4O7S. The molecule has 1 aromatic heterocycles. The highest BCUT2D eigenvalue weighted by molar-refractivity contribution is 7.13. The minimum Gasteiger partial charge on any atom is -0.481 e. The number of piperazine rings is 1. The van der Waals surface area contributed by atoms with Gasteiger partial charge in [-0.1, -0.05) is 30.3 Å². The normalized spacial score (nSPS) is 14.0. The predicted molar refractivity (Wildman–Crippen MR) is 138 cm³/mol. The SMILES string of the molecule is O=C(O)CC[C@H](NC(=O)c1csc(-c2ccccc2Oc2ccccc2)n1)C(=O)N1CCN(C(=O)O)CC1. The molecule has 1 aliphatic heterocycles. The average molecular weight is 539 g/mol. The molecule has 38 heavy (non-hydrogen) atoms. The summed E-state index contributed by atoms with van der Waals surface area (Å²) < 4.78 is 5.99. The second-order valence-electron chi connectivity index (χ2n) is 8.50. The fourth-order valence-electron chi connectivity index (χ4n) is 3.95. The Labute approximate surface area is 222 Å². The zero-order valence-electron chi connectivity index (χ0n) is 20.3. The molecule has 3 amide bonds. The third kappa shape index (κ3) is 6.65. The number of hydrogen-bond donors (Lipinski definition) is 3. The Kier molecular flexibility index (Phi) is 8.54. The van der Waals surface area contributed by atoms with Crippen LogP contribution in [0.3, 0.4) is 0 Å². The first-order chi connectivity index (χ1) is 18.3. The molecule has 12 heteroatoms. The number of aliphatic carboxylic acids is 1. The molecule has 11 nitrogen and oxygen atoms in total. The quantitative estimate of drug-likeness (QED) is 0.375. The van der Waals surface area contributed by atoms with Gasteiger partial charge in [-0.05, 0) is 30.7 Å². The van der Waals surface area contributed by atoms with E-state index in [0.29, 0.717) is 22.1 Å². The minimum absolute atomic E-state index is 0.0864. The minimum atomic E-state index is -1.10. The van der Waals surface area contributed by atoms with Crippen molar-refractivity contribution in [3.8, 4) is 22.1 Å². The van der Waals surface area contributed by atoms with Gasteiger partial charge in [-0.25, -0.2) is 9.78 Å². The molecule has 1 aliphatic rings. The van der Waals surface area contributed by atoms with Crippen molar-refractivity contribution in [3.05, 3.63) is 65.7 Å². The molecule has 0 radical (unpaired) electrons. The van der Waals surface area contributed by atoms with Gasteiger partial charge in [0.2, 0.25) is 5.91 Å². The Morgan fingerprint density at radius 2 is 1.61 bits per heavy atom. The molecule has 1 saturated heterocycles. The number of rotatable bonds is 9. The van der Waals surface area contributed by atoms with Gasteiger partial charge in [-0.3, -0.25) is 14.4 Å². The molecule has 3 aromatic rings. The fourth-order valence-corrected chi connectivity index (χ4v) is 4.78. The van der Waals surface area contributed by atoms with Crippen LogP contribution in [-0.2, 0) is 9.59 Å². The lowest BCUT2D eigenvalue weighted by Gasteiger charge is -2.35. The lowest BCUT2D eigenvalue weighted by molar-refractivity contribution is -0.138. The Bertz CT molecular complexity index is 1310. The Hall–Kier alpha value is -4.45. The summed E-state index contributed by atoms with van der Waals surface area (Å²) in [6.45, 7) is 0.592. The van der Waals surface area contributed by atoms with E-state index in [2.05, 4.69) is 10.3 Å². The molecule has 0 bridgehead atoms. The summed E-state index contributed by atoms with van der Waals surface area (Å²) >= 11 is 1.24. The molecular weight excluding hydrogens is 512 g/mol. The van der Waals surface area contributed by atoms with E-state index < -0.39 is 29.9 Å². The maximum Gasteiger partial charge on any atom is 0.407 e. The largest absolute Gasteiger partial charge is 0.481 e. The highest BCUT2D eigenvalue weighted by Gasteiger charge is 2.31. The van der Waals surface area contributed by atoms with E-state index in [-0.39, 0.29) is 44.7 Å². The van der Waals surface area contributed by atoms with Gasteiger partial charge in [0.05, 0.1) is 5.56 Å². The van der Waals surface area contributed by atoms with Crippen LogP contribution in [0.15, 0.2) is 60.0 Å². The van der Waals surface area contributed by atoms with Gasteiger partial charge in [-0.15, -0.1) is 11.3 Å². The van der Waals surface area contributed by atoms with Gasteiger partial charge >= 0.3 is 12.1 Å². The summed E-state index contributed by atoms with van der Waals surface area (Å²) in [4.78, 5) is 55.6. The summed E-state index contributed by atoms with van der Waals surface area (Å²) in [5, 5.41) is 23.0. The zero-order chi connectivity index (χ0) is 27.1. The van der Waals surface area contributed by atoms with E-state index in [4.69, 9.17) is 14.9 Å². The predicted octanol–water partition coefficient (Wildman–Crippen LogP) is 3.39. The van der Waals surface area contributed by atoms with Crippen molar-refractivity contribution in [1.82, 2.24) is 20.1 Å². The molecule has 4 rings (SSSR count). The Balaban J connectivity index is 1.47. The van der Waals surface area contributed by atoms with Gasteiger partial charge in [0.25, 0.3) is 5.91 Å². The number of benzene rings is 2. The number of carboxylic acid groups (broad SMARTS) is 2. The van der Waals surface area contributed by atoms with Crippen molar-refractivity contribution < 1.29 is 34.1 Å². The molecule has 3 N–H and O–H groups in total. The van der Waals surface area contributed by atoms with E-state index in [1.54, 1.807) is 11.4 Å². The highest BCUT2D eigenvalue weighted by atomic mass is 32.1. The van der Waals surface area contributed by atoms with Crippen molar-refractivity contribution in [2.24, 2.45) is 0 Å². The number of carbonyl (C=O) groups excluding carboxylic acids is 2. The topological polar surface area (TPSA) is 149 Å². The first-order valence-corrected chi connectivity index (χ1v) is 12.8. The second-order valence-corrected chi connectivity index (χ2v) is 9.36. The number of aromatic nitrogens is 1. The smallest absolute Gasteiger partial charge is 0.407 e. The first-order valence-electron chi connectivity index (χ1n) is 11.9. The van der Waals surface area contributed by atoms with Crippen LogP contribution in [0.25, 0.3) is 10.6 Å². The molecule has 0 unspecified atom stereocenters. The van der Waals surface area contributed by atoms with Crippen LogP contribution in [0.2, 0.25) is 0 Å². The van der Waals surface area contributed by atoms with Crippen molar-refractivity contribution in [2.45, 2.75) is 18.9 Å². The molecule has 0 spiro atoms. The summed E-state index contributed by atoms with van der Waals surface area (Å²) in [7, 11) is 0. The number of ether oxygens (including phenoxy) is 1. The van der Waals surface area contributed by atoms with Crippen LogP contribution in [0, 0.1) is 0 Å². The van der Waals surface area contributed by atoms with Crippen LogP contribution >= 0.6 is 11.3 Å². The van der Waals surface area contributed by atoms with Gasteiger partial charge in [0.1, 0.15) is 28.2 Å². The second kappa shape index (κ2) is 12.2. The Morgan fingerprint density at radius 1 is 0.947 bits per heavy atom. The molecule has 2 heterocycles. The molecule has 0 saturated carbocycles. The van der Waals surface area contributed by atoms with E-state index in [1.165, 1.54) is 21.1 Å². The van der Waals surface area contributed by atoms with Crippen LogP contribution in [0.4, 0.5) is 4.79 Å². The molecule has 198 valence electrons. The highest BCUT2D eigenvalue weighted by Crippen LogP contribution is 2.34. The van der Waals surface area contributed by atoms with Crippen LogP contribution in [0.1, 0.15) is 23.3 Å². The number of carboxylic acids is 1. The van der Waals surface area contributed by atoms with E-state index in [9.17, 15) is 19.2 Å². The maximum absolute atomic E-state index is 13.1. The molecule has 2 aromatic carbocycles. The summed E-state index contributed by atoms with van der Waals surface area (Å²) in [5.41, 5.74) is 0.776. The third-order valence-electron chi connectivity index (χ3n) is 5.94. The van der Waals surface area contributed by atoms with Crippen LogP contribution in [-0.4, -0.2) is 81.1 Å². The van der Waals surface area contributed by atoms with E-state index in [0.717, 1.165) is 0 Å². The van der Waals surface area contributed by atoms with Gasteiger partial charge in [0, 0.05) is 38.0 Å². The van der Waals surface area contributed by atoms with Crippen molar-refractivity contribution in [3.63, 3.8) is 0 Å².